The molecule has 4 amide bonds. The highest BCUT2D eigenvalue weighted by Gasteiger charge is 2.48. The highest BCUT2D eigenvalue weighted by Crippen LogP contribution is 2.30. The van der Waals surface area contributed by atoms with E-state index in [9.17, 15) is 14.4 Å². The molecular formula is C10H12N2O3. The monoisotopic (exact) mass is 212 g/mol. The zero-order chi connectivity index (χ0) is 11.5. The highest BCUT2D eigenvalue weighted by molar-refractivity contribution is 6.19. The van der Waals surface area contributed by atoms with Gasteiger partial charge in [0.1, 0.15) is 5.41 Å². The van der Waals surface area contributed by atoms with Gasteiger partial charge in [0.15, 0.2) is 0 Å². The number of nitrogens with one attached hydrogen (secondary N) is 2. The first-order valence-electron chi connectivity index (χ1n) is 4.45. The van der Waals surface area contributed by atoms with Crippen molar-refractivity contribution < 1.29 is 14.4 Å². The van der Waals surface area contributed by atoms with Crippen LogP contribution in [0.2, 0.25) is 0 Å². The average molecular weight is 212 g/mol. The normalized spacial score (nSPS) is 19.1. The van der Waals surface area contributed by atoms with Gasteiger partial charge >= 0.3 is 6.03 Å². The van der Waals surface area contributed by atoms with Crippen molar-refractivity contribution in [1.29, 1.82) is 0 Å². The number of imide groups is 2. The second-order valence-electron chi connectivity index (χ2n) is 3.31. The molecule has 0 aliphatic carbocycles. The van der Waals surface area contributed by atoms with Crippen LogP contribution in [0, 0.1) is 5.41 Å². The number of barbiturate groups is 1. The molecule has 2 N–H and O–H groups in total. The first-order chi connectivity index (χ1) is 7.06. The lowest BCUT2D eigenvalue weighted by atomic mass is 10.3. The molecule has 1 rings (SSSR count). The van der Waals surface area contributed by atoms with Crippen LogP contribution < -0.4 is 10.6 Å². The highest BCUT2D eigenvalue weighted by atomic mass is 16.3. The number of carbonyl (C=O) groups is 3. The number of hydrogen-bond donors (Lipinski definition) is 2. The summed E-state index contributed by atoms with van der Waals surface area (Å²) >= 11 is 0. The Labute approximate surface area is 87.2 Å². The zero-order valence-corrected chi connectivity index (χ0v) is 8.21. The quantitative estimate of drug-likeness (QED) is 0.404. The van der Waals surface area contributed by atoms with Gasteiger partial charge in [-0.25, -0.2) is 4.79 Å². The maximum absolute atomic E-state index is 11.6. The summed E-state index contributed by atoms with van der Waals surface area (Å²) in [5, 5.41) is 4.13. The van der Waals surface area contributed by atoms with E-state index in [1.54, 1.807) is 0 Å². The van der Waals surface area contributed by atoms with Crippen molar-refractivity contribution in [2.45, 2.75) is 12.8 Å². The molecule has 0 aromatic heterocycles. The van der Waals surface area contributed by atoms with Crippen molar-refractivity contribution in [3.63, 3.8) is 0 Å². The maximum Gasteiger partial charge on any atom is 0.328 e. The molecule has 0 atom stereocenters. The first kappa shape index (κ1) is 11.2. The standard InChI is InChI=1S/C10H12N2O3/c1-3-5-10(6-4-2)7(13)11-9(15)12-8(10)14/h3-4H,1-2,5-6H2,(H2,11,12,13,14,15)/i7+1,8+1,9+1,10+1. The Morgan fingerprint density at radius 1 is 1.00 bits per heavy atom. The van der Waals surface area contributed by atoms with Gasteiger partial charge in [0.2, 0.25) is 11.8 Å². The number of urea groups is 1. The third-order valence-electron chi connectivity index (χ3n) is 2.31. The average Bonchev–Trinajstić information content (AvgIpc) is 2.14. The Balaban J connectivity index is 3.07. The number of hydrogen-bond acceptors (Lipinski definition) is 3. The Morgan fingerprint density at radius 3 is 1.73 bits per heavy atom. The summed E-state index contributed by atoms with van der Waals surface area (Å²) in [5.74, 6) is -1.20. The molecule has 1 aliphatic heterocycles. The van der Waals surface area contributed by atoms with E-state index >= 15 is 0 Å². The molecule has 0 aromatic carbocycles. The molecule has 0 saturated carbocycles. The fourth-order valence-electron chi connectivity index (χ4n) is 1.53. The van der Waals surface area contributed by atoms with Crippen molar-refractivity contribution in [2.24, 2.45) is 5.41 Å². The largest absolute Gasteiger partial charge is 0.328 e. The SMILES string of the molecule is C=CC[13C]1(CC=C)[13C](=O)N[13C](=O)N[13C]1=O. The molecule has 5 nitrogen and oxygen atoms in total. The molecule has 1 saturated heterocycles. The van der Waals surface area contributed by atoms with Crippen molar-refractivity contribution >= 4 is 17.8 Å². The first-order valence-corrected chi connectivity index (χ1v) is 4.45. The summed E-state index contributed by atoms with van der Waals surface area (Å²) in [6, 6.07) is -0.784. The molecule has 0 aromatic rings. The van der Waals surface area contributed by atoms with E-state index in [1.165, 1.54) is 12.2 Å². The van der Waals surface area contributed by atoms with Crippen LogP contribution in [0.3, 0.4) is 0 Å². The molecule has 0 bridgehead atoms. The van der Waals surface area contributed by atoms with E-state index in [2.05, 4.69) is 23.8 Å². The molecule has 0 radical (unpaired) electrons. The lowest BCUT2D eigenvalue weighted by molar-refractivity contribution is -0.144. The summed E-state index contributed by atoms with van der Waals surface area (Å²) in [7, 11) is 0. The Morgan fingerprint density at radius 2 is 1.40 bits per heavy atom. The van der Waals surface area contributed by atoms with Crippen LogP contribution in [0.4, 0.5) is 4.79 Å². The molecule has 1 fully saturated rings. The van der Waals surface area contributed by atoms with Gasteiger partial charge in [-0.2, -0.15) is 0 Å². The predicted octanol–water partition coefficient (Wildman–Crippen LogP) is 0.491. The van der Waals surface area contributed by atoms with Crippen molar-refractivity contribution in [3.05, 3.63) is 25.3 Å². The minimum absolute atomic E-state index is 0.171. The Kier molecular flexibility index (Phi) is 3.04. The lowest BCUT2D eigenvalue weighted by Gasteiger charge is -2.32. The summed E-state index contributed by atoms with van der Waals surface area (Å²) in [5.41, 5.74) is -1.28. The molecular weight excluding hydrogens is 200 g/mol. The number of allylic oxidation sites excluding steroid dienone is 2. The van der Waals surface area contributed by atoms with E-state index in [1.807, 2.05) is 0 Å². The van der Waals surface area contributed by atoms with Crippen LogP contribution in [0.15, 0.2) is 25.3 Å². The molecule has 80 valence electrons. The maximum atomic E-state index is 11.6. The van der Waals surface area contributed by atoms with Crippen LogP contribution in [-0.4, -0.2) is 17.8 Å². The number of carbonyl (C=O) groups excluding carboxylic acids is 3. The van der Waals surface area contributed by atoms with Crippen LogP contribution in [0.25, 0.3) is 0 Å². The summed E-state index contributed by atoms with van der Waals surface area (Å²) in [4.78, 5) is 34.1. The van der Waals surface area contributed by atoms with Crippen molar-refractivity contribution in [2.75, 3.05) is 0 Å². The van der Waals surface area contributed by atoms with E-state index in [4.69, 9.17) is 0 Å². The van der Waals surface area contributed by atoms with Crippen molar-refractivity contribution in [3.8, 4) is 0 Å². The van der Waals surface area contributed by atoms with E-state index in [0.29, 0.717) is 0 Å². The van der Waals surface area contributed by atoms with Gasteiger partial charge in [-0.1, -0.05) is 12.2 Å². The van der Waals surface area contributed by atoms with E-state index in [0.717, 1.165) is 0 Å². The molecule has 15 heavy (non-hydrogen) atoms. The smallest absolute Gasteiger partial charge is 0.277 e. The Bertz CT molecular complexity index is 315. The molecule has 1 aliphatic rings. The van der Waals surface area contributed by atoms with Crippen LogP contribution in [0.1, 0.15) is 12.8 Å². The van der Waals surface area contributed by atoms with Gasteiger partial charge in [-0.15, -0.1) is 13.2 Å². The third kappa shape index (κ3) is 1.81. The minimum Gasteiger partial charge on any atom is -0.277 e. The molecule has 5 heteroatoms. The molecule has 0 unspecified atom stereocenters. The van der Waals surface area contributed by atoms with E-state index < -0.39 is 23.3 Å². The molecule has 1 heterocycles. The van der Waals surface area contributed by atoms with Gasteiger partial charge in [0.05, 0.1) is 0 Å². The lowest BCUT2D eigenvalue weighted by Crippen LogP contribution is -2.62. The summed E-state index contributed by atoms with van der Waals surface area (Å²) in [6.45, 7) is 6.98. The fraction of sp³-hybridized carbons (Fsp3) is 0.300. The zero-order valence-electron chi connectivity index (χ0n) is 8.21. The van der Waals surface area contributed by atoms with Gasteiger partial charge in [-0.3, -0.25) is 20.2 Å². The van der Waals surface area contributed by atoms with Crippen molar-refractivity contribution in [1.82, 2.24) is 10.6 Å². The topological polar surface area (TPSA) is 75.3 Å². The second kappa shape index (κ2) is 4.08. The number of amides is 4. The second-order valence-corrected chi connectivity index (χ2v) is 3.31. The van der Waals surface area contributed by atoms with Crippen LogP contribution in [0.5, 0.6) is 0 Å². The fourth-order valence-corrected chi connectivity index (χ4v) is 1.53. The Hall–Kier alpha value is -1.91. The van der Waals surface area contributed by atoms with Gasteiger partial charge in [0, 0.05) is 0 Å². The summed E-state index contributed by atoms with van der Waals surface area (Å²) < 4.78 is 0. The van der Waals surface area contributed by atoms with E-state index in [-0.39, 0.29) is 12.8 Å². The van der Waals surface area contributed by atoms with Crippen LogP contribution >= 0.6 is 0 Å². The third-order valence-corrected chi connectivity index (χ3v) is 2.31. The van der Waals surface area contributed by atoms with Gasteiger partial charge in [-0.05, 0) is 12.8 Å². The summed E-state index contributed by atoms with van der Waals surface area (Å²) in [6.07, 6.45) is 3.28. The minimum atomic E-state index is -1.28. The molecule has 0 spiro atoms. The number of rotatable bonds is 4. The van der Waals surface area contributed by atoms with Gasteiger partial charge in [0.25, 0.3) is 0 Å². The predicted molar refractivity (Wildman–Crippen MR) is 53.7 cm³/mol. The van der Waals surface area contributed by atoms with Gasteiger partial charge < -0.3 is 0 Å². The van der Waals surface area contributed by atoms with Crippen LogP contribution in [-0.2, 0) is 9.59 Å².